The highest BCUT2D eigenvalue weighted by Gasteiger charge is 2.26. The van der Waals surface area contributed by atoms with Crippen LogP contribution in [0.25, 0.3) is 0 Å². The number of carbonyl (C=O) groups is 1. The molecule has 1 saturated carbocycles. The highest BCUT2D eigenvalue weighted by atomic mass is 35.5. The van der Waals surface area contributed by atoms with E-state index in [9.17, 15) is 9.90 Å². The number of rotatable bonds is 5. The van der Waals surface area contributed by atoms with Gasteiger partial charge in [-0.3, -0.25) is 0 Å². The molecule has 1 aromatic rings. The number of aliphatic hydroxyl groups is 1. The molecule has 1 atom stereocenters. The molecule has 0 radical (unpaired) electrons. The molecule has 1 fully saturated rings. The van der Waals surface area contributed by atoms with Crippen LogP contribution in [-0.2, 0) is 9.53 Å². The van der Waals surface area contributed by atoms with Crippen LogP contribution in [0.4, 0.5) is 0 Å². The van der Waals surface area contributed by atoms with Crippen LogP contribution >= 0.6 is 11.6 Å². The van der Waals surface area contributed by atoms with E-state index < -0.39 is 12.1 Å². The van der Waals surface area contributed by atoms with Crippen molar-refractivity contribution in [3.8, 4) is 5.75 Å². The van der Waals surface area contributed by atoms with Crippen molar-refractivity contribution in [2.45, 2.75) is 44.6 Å². The monoisotopic (exact) mass is 312 g/mol. The molecule has 1 aliphatic rings. The summed E-state index contributed by atoms with van der Waals surface area (Å²) < 4.78 is 10.3. The molecule has 0 saturated heterocycles. The predicted octanol–water partition coefficient (Wildman–Crippen LogP) is 3.60. The van der Waals surface area contributed by atoms with Gasteiger partial charge in [-0.25, -0.2) is 4.79 Å². The summed E-state index contributed by atoms with van der Waals surface area (Å²) >= 11 is 6.25. The Balaban J connectivity index is 2.37. The van der Waals surface area contributed by atoms with Gasteiger partial charge in [0, 0.05) is 0 Å². The van der Waals surface area contributed by atoms with E-state index in [0.29, 0.717) is 22.3 Å². The standard InChI is InChI=1S/C16H21ClO4/c1-3-21-16(19)14(18)11-8-12(10-6-4-5-7-10)15(20-2)13(17)9-11/h8-10,14,18H,3-7H2,1-2H3. The summed E-state index contributed by atoms with van der Waals surface area (Å²) in [5.41, 5.74) is 1.43. The fourth-order valence-corrected chi connectivity index (χ4v) is 3.22. The quantitative estimate of drug-likeness (QED) is 0.844. The van der Waals surface area contributed by atoms with Gasteiger partial charge in [0.2, 0.25) is 0 Å². The van der Waals surface area contributed by atoms with Crippen LogP contribution in [0.2, 0.25) is 5.02 Å². The Morgan fingerprint density at radius 2 is 2.10 bits per heavy atom. The van der Waals surface area contributed by atoms with E-state index in [4.69, 9.17) is 21.1 Å². The van der Waals surface area contributed by atoms with E-state index in [2.05, 4.69) is 0 Å². The van der Waals surface area contributed by atoms with Gasteiger partial charge in [0.05, 0.1) is 18.7 Å². The summed E-state index contributed by atoms with van der Waals surface area (Å²) in [6.07, 6.45) is 3.19. The smallest absolute Gasteiger partial charge is 0.339 e. The molecule has 0 aliphatic heterocycles. The normalized spacial score (nSPS) is 16.8. The van der Waals surface area contributed by atoms with Crippen LogP contribution in [0.15, 0.2) is 12.1 Å². The average Bonchev–Trinajstić information content (AvgIpc) is 2.99. The second kappa shape index (κ2) is 7.14. The lowest BCUT2D eigenvalue weighted by Crippen LogP contribution is -2.16. The predicted molar refractivity (Wildman–Crippen MR) is 80.8 cm³/mol. The minimum Gasteiger partial charge on any atom is -0.495 e. The van der Waals surface area contributed by atoms with Crippen molar-refractivity contribution in [3.05, 3.63) is 28.3 Å². The molecule has 5 heteroatoms. The Morgan fingerprint density at radius 3 is 2.67 bits per heavy atom. The number of hydrogen-bond acceptors (Lipinski definition) is 4. The van der Waals surface area contributed by atoms with Gasteiger partial charge in [0.1, 0.15) is 5.75 Å². The number of esters is 1. The average molecular weight is 313 g/mol. The van der Waals surface area contributed by atoms with E-state index in [1.165, 1.54) is 12.8 Å². The molecule has 0 amide bonds. The molecular formula is C16H21ClO4. The van der Waals surface area contributed by atoms with Crippen LogP contribution < -0.4 is 4.74 Å². The van der Waals surface area contributed by atoms with E-state index in [-0.39, 0.29) is 6.61 Å². The van der Waals surface area contributed by atoms with Gasteiger partial charge in [-0.15, -0.1) is 0 Å². The summed E-state index contributed by atoms with van der Waals surface area (Å²) in [5.74, 6) is 0.353. The fraction of sp³-hybridized carbons (Fsp3) is 0.562. The van der Waals surface area contributed by atoms with Crippen LogP contribution in [0.3, 0.4) is 0 Å². The van der Waals surface area contributed by atoms with Crippen LogP contribution in [-0.4, -0.2) is 24.8 Å². The Morgan fingerprint density at radius 1 is 1.43 bits per heavy atom. The number of ether oxygens (including phenoxy) is 2. The molecule has 21 heavy (non-hydrogen) atoms. The third-order valence-electron chi connectivity index (χ3n) is 3.92. The Kier molecular flexibility index (Phi) is 5.48. The van der Waals surface area contributed by atoms with Crippen LogP contribution in [0.1, 0.15) is 55.8 Å². The topological polar surface area (TPSA) is 55.8 Å². The molecule has 116 valence electrons. The number of carbonyl (C=O) groups excluding carboxylic acids is 1. The minimum absolute atomic E-state index is 0.231. The van der Waals surface area contributed by atoms with Crippen molar-refractivity contribution in [1.82, 2.24) is 0 Å². The maximum absolute atomic E-state index is 11.7. The van der Waals surface area contributed by atoms with Crippen LogP contribution in [0, 0.1) is 0 Å². The third kappa shape index (κ3) is 3.50. The first-order valence-electron chi connectivity index (χ1n) is 7.30. The van der Waals surface area contributed by atoms with Gasteiger partial charge in [-0.2, -0.15) is 0 Å². The highest BCUT2D eigenvalue weighted by molar-refractivity contribution is 6.32. The number of hydrogen-bond donors (Lipinski definition) is 1. The van der Waals surface area contributed by atoms with Crippen LogP contribution in [0.5, 0.6) is 5.75 Å². The second-order valence-electron chi connectivity index (χ2n) is 5.26. The van der Waals surface area contributed by atoms with Gasteiger partial charge < -0.3 is 14.6 Å². The molecular weight excluding hydrogens is 292 g/mol. The van der Waals surface area contributed by atoms with Crippen molar-refractivity contribution in [2.24, 2.45) is 0 Å². The molecule has 1 aliphatic carbocycles. The summed E-state index contributed by atoms with van der Waals surface area (Å²) in [7, 11) is 1.58. The maximum atomic E-state index is 11.7. The van der Waals surface area contributed by atoms with Gasteiger partial charge in [-0.05, 0) is 48.9 Å². The number of aliphatic hydroxyl groups excluding tert-OH is 1. The maximum Gasteiger partial charge on any atom is 0.339 e. The zero-order valence-corrected chi connectivity index (χ0v) is 13.2. The minimum atomic E-state index is -1.31. The first kappa shape index (κ1) is 16.1. The first-order valence-corrected chi connectivity index (χ1v) is 7.68. The SMILES string of the molecule is CCOC(=O)C(O)c1cc(Cl)c(OC)c(C2CCCC2)c1. The van der Waals surface area contributed by atoms with Crippen molar-refractivity contribution in [2.75, 3.05) is 13.7 Å². The molecule has 2 rings (SSSR count). The number of methoxy groups -OCH3 is 1. The molecule has 0 heterocycles. The van der Waals surface area contributed by atoms with Crippen molar-refractivity contribution < 1.29 is 19.4 Å². The van der Waals surface area contributed by atoms with E-state index >= 15 is 0 Å². The lowest BCUT2D eigenvalue weighted by Gasteiger charge is -2.19. The highest BCUT2D eigenvalue weighted by Crippen LogP contribution is 2.43. The molecule has 0 spiro atoms. The lowest BCUT2D eigenvalue weighted by atomic mass is 9.93. The summed E-state index contributed by atoms with van der Waals surface area (Å²) in [6.45, 7) is 1.94. The van der Waals surface area contributed by atoms with Crippen molar-refractivity contribution >= 4 is 17.6 Å². The Hall–Kier alpha value is -1.26. The number of benzene rings is 1. The van der Waals surface area contributed by atoms with Crippen molar-refractivity contribution in [3.63, 3.8) is 0 Å². The molecule has 0 bridgehead atoms. The third-order valence-corrected chi connectivity index (χ3v) is 4.20. The largest absolute Gasteiger partial charge is 0.495 e. The number of halogens is 1. The molecule has 1 aromatic carbocycles. The molecule has 1 unspecified atom stereocenters. The van der Waals surface area contributed by atoms with Gasteiger partial charge in [-0.1, -0.05) is 24.4 Å². The molecule has 4 nitrogen and oxygen atoms in total. The summed E-state index contributed by atoms with van der Waals surface area (Å²) in [6, 6.07) is 3.39. The van der Waals surface area contributed by atoms with Gasteiger partial charge in [0.25, 0.3) is 0 Å². The van der Waals surface area contributed by atoms with Gasteiger partial charge >= 0.3 is 5.97 Å². The van der Waals surface area contributed by atoms with E-state index in [1.54, 1.807) is 20.1 Å². The van der Waals surface area contributed by atoms with E-state index in [1.807, 2.05) is 6.07 Å². The second-order valence-corrected chi connectivity index (χ2v) is 5.67. The lowest BCUT2D eigenvalue weighted by molar-refractivity contribution is -0.153. The first-order chi connectivity index (χ1) is 10.1. The van der Waals surface area contributed by atoms with E-state index in [0.717, 1.165) is 18.4 Å². The molecule has 1 N–H and O–H groups in total. The van der Waals surface area contributed by atoms with Gasteiger partial charge in [0.15, 0.2) is 6.10 Å². The Bertz CT molecular complexity index is 509. The van der Waals surface area contributed by atoms with Crippen molar-refractivity contribution in [1.29, 1.82) is 0 Å². The summed E-state index contributed by atoms with van der Waals surface area (Å²) in [5, 5.41) is 10.5. The fourth-order valence-electron chi connectivity index (χ4n) is 2.91. The zero-order chi connectivity index (χ0) is 15.4. The Labute approximate surface area is 130 Å². The zero-order valence-electron chi connectivity index (χ0n) is 12.4. The summed E-state index contributed by atoms with van der Waals surface area (Å²) in [4.78, 5) is 11.7. The molecule has 0 aromatic heterocycles.